The standard InChI is InChI=1S/C23H28N4O4S/c1-25-13-5-8-20(25)16-27(19-10-11-19)22(28)17-26(14-15-31-2)32(29,30)21-9-3-6-18-7-4-12-24-23(18)21/h3-9,12-13,19H,10-11,14-17H2,1-2H3. The van der Waals surface area contributed by atoms with Crippen molar-refractivity contribution in [1.82, 2.24) is 18.8 Å². The molecule has 3 aromatic rings. The highest BCUT2D eigenvalue weighted by Crippen LogP contribution is 2.29. The van der Waals surface area contributed by atoms with Crippen LogP contribution in [0, 0.1) is 0 Å². The van der Waals surface area contributed by atoms with Gasteiger partial charge in [0.1, 0.15) is 4.90 Å². The molecule has 0 atom stereocenters. The molecule has 0 saturated heterocycles. The molecule has 0 spiro atoms. The molecule has 1 aliphatic rings. The Morgan fingerprint density at radius 2 is 1.97 bits per heavy atom. The van der Waals surface area contributed by atoms with Crippen molar-refractivity contribution in [3.05, 3.63) is 60.6 Å². The summed E-state index contributed by atoms with van der Waals surface area (Å²) < 4.78 is 35.6. The van der Waals surface area contributed by atoms with Crippen LogP contribution in [0.4, 0.5) is 0 Å². The third-order valence-corrected chi connectivity index (χ3v) is 7.64. The van der Waals surface area contributed by atoms with Crippen LogP contribution in [-0.2, 0) is 33.1 Å². The van der Waals surface area contributed by atoms with Crippen LogP contribution in [0.1, 0.15) is 18.5 Å². The maximum Gasteiger partial charge on any atom is 0.245 e. The van der Waals surface area contributed by atoms with E-state index in [9.17, 15) is 13.2 Å². The second-order valence-electron chi connectivity index (χ2n) is 8.03. The van der Waals surface area contributed by atoms with Crippen molar-refractivity contribution in [1.29, 1.82) is 0 Å². The van der Waals surface area contributed by atoms with Crippen LogP contribution < -0.4 is 0 Å². The molecule has 170 valence electrons. The number of amides is 1. The van der Waals surface area contributed by atoms with E-state index in [4.69, 9.17) is 4.74 Å². The summed E-state index contributed by atoms with van der Waals surface area (Å²) in [5.74, 6) is -0.207. The molecule has 0 unspecified atom stereocenters. The highest BCUT2D eigenvalue weighted by molar-refractivity contribution is 7.89. The molecule has 9 heteroatoms. The highest BCUT2D eigenvalue weighted by atomic mass is 32.2. The first-order chi connectivity index (χ1) is 15.4. The molecule has 0 radical (unpaired) electrons. The summed E-state index contributed by atoms with van der Waals surface area (Å²) in [6.07, 6.45) is 5.39. The second kappa shape index (κ2) is 9.40. The first kappa shape index (κ1) is 22.4. The Morgan fingerprint density at radius 1 is 1.19 bits per heavy atom. The first-order valence-electron chi connectivity index (χ1n) is 10.6. The van der Waals surface area contributed by atoms with Crippen LogP contribution in [0.2, 0.25) is 0 Å². The second-order valence-corrected chi connectivity index (χ2v) is 9.93. The van der Waals surface area contributed by atoms with Gasteiger partial charge in [-0.25, -0.2) is 8.42 Å². The van der Waals surface area contributed by atoms with Gasteiger partial charge < -0.3 is 14.2 Å². The lowest BCUT2D eigenvalue weighted by atomic mass is 10.2. The Kier molecular flexibility index (Phi) is 6.59. The summed E-state index contributed by atoms with van der Waals surface area (Å²) in [5.41, 5.74) is 1.41. The number of methoxy groups -OCH3 is 1. The molecule has 8 nitrogen and oxygen atoms in total. The lowest BCUT2D eigenvalue weighted by Gasteiger charge is -2.27. The summed E-state index contributed by atoms with van der Waals surface area (Å²) >= 11 is 0. The number of carbonyl (C=O) groups is 1. The minimum atomic E-state index is -3.97. The van der Waals surface area contributed by atoms with Crippen molar-refractivity contribution in [3.63, 3.8) is 0 Å². The zero-order chi connectivity index (χ0) is 22.7. The number of rotatable bonds is 10. The van der Waals surface area contributed by atoms with E-state index in [0.717, 1.165) is 23.9 Å². The molecular formula is C23H28N4O4S. The van der Waals surface area contributed by atoms with Crippen LogP contribution >= 0.6 is 0 Å². The minimum absolute atomic E-state index is 0.0798. The molecule has 1 aromatic carbocycles. The van der Waals surface area contributed by atoms with Crippen LogP contribution in [-0.4, -0.2) is 65.9 Å². The SMILES string of the molecule is COCCN(CC(=O)N(Cc1cccn1C)C1CC1)S(=O)(=O)c1cccc2cccnc12. The van der Waals surface area contributed by atoms with Crippen LogP contribution in [0.25, 0.3) is 10.9 Å². The van der Waals surface area contributed by atoms with Gasteiger partial charge in [-0.05, 0) is 37.1 Å². The number of sulfonamides is 1. The highest BCUT2D eigenvalue weighted by Gasteiger charge is 2.36. The van der Waals surface area contributed by atoms with Gasteiger partial charge in [0, 0.05) is 50.2 Å². The van der Waals surface area contributed by atoms with Crippen LogP contribution in [0.3, 0.4) is 0 Å². The molecule has 0 N–H and O–H groups in total. The number of nitrogens with zero attached hydrogens (tertiary/aromatic N) is 4. The topological polar surface area (TPSA) is 84.7 Å². The zero-order valence-corrected chi connectivity index (χ0v) is 19.2. The monoisotopic (exact) mass is 456 g/mol. The number of aryl methyl sites for hydroxylation is 1. The number of aromatic nitrogens is 2. The molecule has 4 rings (SSSR count). The van der Waals surface area contributed by atoms with Gasteiger partial charge in [0.2, 0.25) is 15.9 Å². The van der Waals surface area contributed by atoms with E-state index in [1.165, 1.54) is 17.5 Å². The van der Waals surface area contributed by atoms with E-state index in [1.54, 1.807) is 23.2 Å². The first-order valence-corrected chi connectivity index (χ1v) is 12.1. The Hall–Kier alpha value is -2.75. The molecule has 2 aromatic heterocycles. The van der Waals surface area contributed by atoms with Crippen molar-refractivity contribution in [2.75, 3.05) is 26.8 Å². The molecule has 1 fully saturated rings. The third-order valence-electron chi connectivity index (χ3n) is 5.76. The van der Waals surface area contributed by atoms with Gasteiger partial charge >= 0.3 is 0 Å². The van der Waals surface area contributed by atoms with E-state index in [1.807, 2.05) is 42.1 Å². The minimum Gasteiger partial charge on any atom is -0.383 e. The predicted molar refractivity (Wildman–Crippen MR) is 121 cm³/mol. The normalized spacial score (nSPS) is 14.2. The quantitative estimate of drug-likeness (QED) is 0.468. The maximum absolute atomic E-state index is 13.6. The van der Waals surface area contributed by atoms with Gasteiger partial charge in [-0.3, -0.25) is 9.78 Å². The number of benzene rings is 1. The Balaban J connectivity index is 1.62. The third kappa shape index (κ3) is 4.69. The summed E-state index contributed by atoms with van der Waals surface area (Å²) in [7, 11) is -0.516. The van der Waals surface area contributed by atoms with E-state index in [-0.39, 0.29) is 36.5 Å². The van der Waals surface area contributed by atoms with Crippen molar-refractivity contribution in [2.45, 2.75) is 30.3 Å². The fourth-order valence-electron chi connectivity index (χ4n) is 3.78. The number of hydrogen-bond donors (Lipinski definition) is 0. The van der Waals surface area contributed by atoms with Gasteiger partial charge in [0.15, 0.2) is 0 Å². The number of ether oxygens (including phenoxy) is 1. The van der Waals surface area contributed by atoms with Crippen LogP contribution in [0.15, 0.2) is 59.8 Å². The van der Waals surface area contributed by atoms with Gasteiger partial charge in [0.25, 0.3) is 0 Å². The maximum atomic E-state index is 13.6. The molecule has 1 amide bonds. The van der Waals surface area contributed by atoms with E-state index in [0.29, 0.717) is 12.1 Å². The fourth-order valence-corrected chi connectivity index (χ4v) is 5.32. The molecule has 32 heavy (non-hydrogen) atoms. The molecular weight excluding hydrogens is 428 g/mol. The van der Waals surface area contributed by atoms with E-state index in [2.05, 4.69) is 4.98 Å². The Bertz CT molecular complexity index is 1200. The van der Waals surface area contributed by atoms with E-state index < -0.39 is 10.0 Å². The van der Waals surface area contributed by atoms with Gasteiger partial charge in [-0.2, -0.15) is 4.31 Å². The summed E-state index contributed by atoms with van der Waals surface area (Å²) in [5, 5.41) is 0.731. The molecule has 1 aliphatic carbocycles. The van der Waals surface area contributed by atoms with Crippen molar-refractivity contribution < 1.29 is 17.9 Å². The average Bonchev–Trinajstić information content (AvgIpc) is 3.55. The molecule has 2 heterocycles. The van der Waals surface area contributed by atoms with Crippen molar-refractivity contribution in [3.8, 4) is 0 Å². The lowest BCUT2D eigenvalue weighted by Crippen LogP contribution is -2.44. The lowest BCUT2D eigenvalue weighted by molar-refractivity contribution is -0.132. The fraction of sp³-hybridized carbons (Fsp3) is 0.391. The predicted octanol–water partition coefficient (Wildman–Crippen LogP) is 2.40. The largest absolute Gasteiger partial charge is 0.383 e. The number of fused-ring (bicyclic) bond motifs is 1. The summed E-state index contributed by atoms with van der Waals surface area (Å²) in [6.45, 7) is 0.485. The summed E-state index contributed by atoms with van der Waals surface area (Å²) in [4.78, 5) is 19.5. The smallest absolute Gasteiger partial charge is 0.245 e. The zero-order valence-electron chi connectivity index (χ0n) is 18.3. The molecule has 0 aliphatic heterocycles. The number of para-hydroxylation sites is 1. The van der Waals surface area contributed by atoms with Crippen LogP contribution in [0.5, 0.6) is 0 Å². The number of pyridine rings is 1. The Labute approximate surface area is 188 Å². The Morgan fingerprint density at radius 3 is 2.66 bits per heavy atom. The van der Waals surface area contributed by atoms with E-state index >= 15 is 0 Å². The summed E-state index contributed by atoms with van der Waals surface area (Å²) in [6, 6.07) is 12.7. The number of carbonyl (C=O) groups excluding carboxylic acids is 1. The van der Waals surface area contributed by atoms with Gasteiger partial charge in [-0.1, -0.05) is 18.2 Å². The van der Waals surface area contributed by atoms with Crippen molar-refractivity contribution in [2.24, 2.45) is 7.05 Å². The number of hydrogen-bond acceptors (Lipinski definition) is 5. The average molecular weight is 457 g/mol. The molecule has 1 saturated carbocycles. The van der Waals surface area contributed by atoms with Gasteiger partial charge in [-0.15, -0.1) is 0 Å². The molecule has 0 bridgehead atoms. The van der Waals surface area contributed by atoms with Gasteiger partial charge in [0.05, 0.1) is 25.2 Å². The van der Waals surface area contributed by atoms with Crippen molar-refractivity contribution >= 4 is 26.8 Å².